The SMILES string of the molecule is CC(c1nc(Cc2ccccc2)no1)N1CCCC(C)(CO)C1. The zero-order valence-electron chi connectivity index (χ0n) is 13.9. The van der Waals surface area contributed by atoms with Gasteiger partial charge in [-0.05, 0) is 31.9 Å². The molecular weight excluding hydrogens is 290 g/mol. The minimum absolute atomic E-state index is 0.0284. The summed E-state index contributed by atoms with van der Waals surface area (Å²) in [6.45, 7) is 6.33. The molecule has 5 heteroatoms. The fraction of sp³-hybridized carbons (Fsp3) is 0.556. The van der Waals surface area contributed by atoms with E-state index < -0.39 is 0 Å². The first-order valence-electron chi connectivity index (χ1n) is 8.31. The largest absolute Gasteiger partial charge is 0.396 e. The van der Waals surface area contributed by atoms with Crippen LogP contribution in [-0.2, 0) is 6.42 Å². The Balaban J connectivity index is 1.67. The first-order valence-corrected chi connectivity index (χ1v) is 8.31. The Morgan fingerprint density at radius 1 is 1.35 bits per heavy atom. The number of hydrogen-bond acceptors (Lipinski definition) is 5. The maximum atomic E-state index is 9.61. The number of rotatable bonds is 5. The predicted octanol–water partition coefficient (Wildman–Crippen LogP) is 2.82. The highest BCUT2D eigenvalue weighted by Crippen LogP contribution is 2.33. The Kier molecular flexibility index (Phi) is 4.78. The molecule has 2 atom stereocenters. The summed E-state index contributed by atoms with van der Waals surface area (Å²) in [5.41, 5.74) is 1.15. The van der Waals surface area contributed by atoms with Crippen molar-refractivity contribution in [1.29, 1.82) is 0 Å². The van der Waals surface area contributed by atoms with Gasteiger partial charge in [-0.25, -0.2) is 0 Å². The smallest absolute Gasteiger partial charge is 0.243 e. The predicted molar refractivity (Wildman–Crippen MR) is 88.0 cm³/mol. The zero-order chi connectivity index (χ0) is 16.3. The lowest BCUT2D eigenvalue weighted by Gasteiger charge is -2.41. The van der Waals surface area contributed by atoms with Gasteiger partial charge in [-0.2, -0.15) is 4.98 Å². The van der Waals surface area contributed by atoms with Crippen molar-refractivity contribution in [3.63, 3.8) is 0 Å². The molecule has 0 spiro atoms. The van der Waals surface area contributed by atoms with Gasteiger partial charge in [0.25, 0.3) is 0 Å². The molecule has 1 N–H and O–H groups in total. The molecule has 0 bridgehead atoms. The Bertz CT molecular complexity index is 628. The van der Waals surface area contributed by atoms with E-state index in [2.05, 4.69) is 41.0 Å². The van der Waals surface area contributed by atoms with Crippen molar-refractivity contribution >= 4 is 0 Å². The maximum Gasteiger partial charge on any atom is 0.243 e. The maximum absolute atomic E-state index is 9.61. The molecule has 1 aromatic carbocycles. The number of benzene rings is 1. The van der Waals surface area contributed by atoms with Gasteiger partial charge in [-0.1, -0.05) is 42.4 Å². The first-order chi connectivity index (χ1) is 11.1. The molecule has 5 nitrogen and oxygen atoms in total. The lowest BCUT2D eigenvalue weighted by Crippen LogP contribution is -2.44. The van der Waals surface area contributed by atoms with Crippen LogP contribution < -0.4 is 0 Å². The fourth-order valence-corrected chi connectivity index (χ4v) is 3.26. The van der Waals surface area contributed by atoms with Gasteiger partial charge >= 0.3 is 0 Å². The number of aliphatic hydroxyl groups excluding tert-OH is 1. The number of aliphatic hydroxyl groups is 1. The zero-order valence-corrected chi connectivity index (χ0v) is 13.9. The van der Waals surface area contributed by atoms with Gasteiger partial charge in [0, 0.05) is 25.0 Å². The Morgan fingerprint density at radius 2 is 2.13 bits per heavy atom. The quantitative estimate of drug-likeness (QED) is 0.919. The summed E-state index contributed by atoms with van der Waals surface area (Å²) in [6.07, 6.45) is 2.84. The minimum Gasteiger partial charge on any atom is -0.396 e. The average Bonchev–Trinajstić information content (AvgIpc) is 3.03. The van der Waals surface area contributed by atoms with Gasteiger partial charge in [0.15, 0.2) is 5.82 Å². The van der Waals surface area contributed by atoms with E-state index in [1.165, 1.54) is 5.56 Å². The summed E-state index contributed by atoms with van der Waals surface area (Å²) in [5.74, 6) is 1.39. The third-order valence-electron chi connectivity index (χ3n) is 4.79. The summed E-state index contributed by atoms with van der Waals surface area (Å²) >= 11 is 0. The lowest BCUT2D eigenvalue weighted by molar-refractivity contribution is 0.0211. The van der Waals surface area contributed by atoms with Crippen molar-refractivity contribution in [1.82, 2.24) is 15.0 Å². The fourth-order valence-electron chi connectivity index (χ4n) is 3.26. The molecule has 1 saturated heterocycles. The number of piperidine rings is 1. The molecule has 23 heavy (non-hydrogen) atoms. The van der Waals surface area contributed by atoms with Crippen LogP contribution in [0.2, 0.25) is 0 Å². The molecule has 124 valence electrons. The summed E-state index contributed by atoms with van der Waals surface area (Å²) in [7, 11) is 0. The lowest BCUT2D eigenvalue weighted by atomic mass is 9.82. The first kappa shape index (κ1) is 16.1. The summed E-state index contributed by atoms with van der Waals surface area (Å²) < 4.78 is 5.49. The van der Waals surface area contributed by atoms with Crippen LogP contribution in [0.3, 0.4) is 0 Å². The summed E-state index contributed by atoms with van der Waals surface area (Å²) in [4.78, 5) is 6.91. The second-order valence-corrected chi connectivity index (χ2v) is 6.93. The molecule has 0 amide bonds. The molecule has 1 fully saturated rings. The number of likely N-dealkylation sites (tertiary alicyclic amines) is 1. The van der Waals surface area contributed by atoms with E-state index in [0.717, 1.165) is 31.8 Å². The Labute approximate surface area is 137 Å². The standard InChI is InChI=1S/C18H25N3O2/c1-14(21-10-6-9-18(2,12-21)13-22)17-19-16(20-23-17)11-15-7-4-3-5-8-15/h3-5,7-8,14,22H,6,9-13H2,1-2H3. The van der Waals surface area contributed by atoms with Crippen LogP contribution in [0.5, 0.6) is 0 Å². The van der Waals surface area contributed by atoms with Crippen molar-refractivity contribution in [2.24, 2.45) is 5.41 Å². The van der Waals surface area contributed by atoms with Crippen LogP contribution in [0.4, 0.5) is 0 Å². The van der Waals surface area contributed by atoms with Gasteiger partial charge < -0.3 is 9.63 Å². The molecule has 1 aromatic heterocycles. The number of hydrogen-bond donors (Lipinski definition) is 1. The monoisotopic (exact) mass is 315 g/mol. The van der Waals surface area contributed by atoms with Crippen LogP contribution >= 0.6 is 0 Å². The highest BCUT2D eigenvalue weighted by molar-refractivity contribution is 5.18. The molecule has 0 radical (unpaired) electrons. The molecule has 2 heterocycles. The van der Waals surface area contributed by atoms with Crippen LogP contribution in [0, 0.1) is 5.41 Å². The summed E-state index contributed by atoms with van der Waals surface area (Å²) in [6, 6.07) is 10.2. The van der Waals surface area contributed by atoms with Crippen molar-refractivity contribution in [2.75, 3.05) is 19.7 Å². The van der Waals surface area contributed by atoms with Gasteiger partial charge in [0.2, 0.25) is 5.89 Å². The normalized spacial score (nSPS) is 23.8. The Hall–Kier alpha value is -1.72. The van der Waals surface area contributed by atoms with E-state index in [0.29, 0.717) is 12.3 Å². The summed E-state index contributed by atoms with van der Waals surface area (Å²) in [5, 5.41) is 13.7. The van der Waals surface area contributed by atoms with Gasteiger partial charge in [0.05, 0.1) is 6.04 Å². The van der Waals surface area contributed by atoms with E-state index in [4.69, 9.17) is 4.52 Å². The second-order valence-electron chi connectivity index (χ2n) is 6.93. The molecule has 0 aliphatic carbocycles. The van der Waals surface area contributed by atoms with Crippen LogP contribution in [-0.4, -0.2) is 39.8 Å². The van der Waals surface area contributed by atoms with Gasteiger partial charge in [0.1, 0.15) is 0 Å². The number of nitrogens with zero attached hydrogens (tertiary/aromatic N) is 3. The third kappa shape index (κ3) is 3.79. The van der Waals surface area contributed by atoms with Crippen LogP contribution in [0.25, 0.3) is 0 Å². The Morgan fingerprint density at radius 3 is 2.87 bits per heavy atom. The highest BCUT2D eigenvalue weighted by Gasteiger charge is 2.34. The minimum atomic E-state index is -0.0284. The molecule has 1 aliphatic rings. The second kappa shape index (κ2) is 6.81. The van der Waals surface area contributed by atoms with Crippen LogP contribution in [0.1, 0.15) is 50.0 Å². The molecular formula is C18H25N3O2. The van der Waals surface area contributed by atoms with Gasteiger partial charge in [-0.3, -0.25) is 4.90 Å². The molecule has 0 saturated carbocycles. The van der Waals surface area contributed by atoms with Crippen molar-refractivity contribution in [3.05, 3.63) is 47.6 Å². The van der Waals surface area contributed by atoms with E-state index in [-0.39, 0.29) is 18.1 Å². The highest BCUT2D eigenvalue weighted by atomic mass is 16.5. The number of aromatic nitrogens is 2. The molecule has 1 aliphatic heterocycles. The van der Waals surface area contributed by atoms with E-state index in [9.17, 15) is 5.11 Å². The third-order valence-corrected chi connectivity index (χ3v) is 4.79. The van der Waals surface area contributed by atoms with Crippen molar-refractivity contribution in [2.45, 2.75) is 39.2 Å². The van der Waals surface area contributed by atoms with Crippen molar-refractivity contribution < 1.29 is 9.63 Å². The van der Waals surface area contributed by atoms with E-state index in [1.54, 1.807) is 0 Å². The molecule has 2 unspecified atom stereocenters. The van der Waals surface area contributed by atoms with Gasteiger partial charge in [-0.15, -0.1) is 0 Å². The topological polar surface area (TPSA) is 62.4 Å². The van der Waals surface area contributed by atoms with E-state index >= 15 is 0 Å². The molecule has 3 rings (SSSR count). The molecule has 2 aromatic rings. The average molecular weight is 315 g/mol. The van der Waals surface area contributed by atoms with Crippen molar-refractivity contribution in [3.8, 4) is 0 Å². The van der Waals surface area contributed by atoms with Crippen LogP contribution in [0.15, 0.2) is 34.9 Å². The van der Waals surface area contributed by atoms with E-state index in [1.807, 2.05) is 18.2 Å².